The zero-order valence-corrected chi connectivity index (χ0v) is 11.4. The highest BCUT2D eigenvalue weighted by atomic mass is 16.1. The minimum Gasteiger partial charge on any atom is -0.369 e. The summed E-state index contributed by atoms with van der Waals surface area (Å²) >= 11 is 0. The van der Waals surface area contributed by atoms with Crippen LogP contribution in [0.2, 0.25) is 0 Å². The number of piperidine rings is 1. The van der Waals surface area contributed by atoms with Crippen molar-refractivity contribution in [1.82, 2.24) is 10.2 Å². The largest absolute Gasteiger partial charge is 0.369 e. The van der Waals surface area contributed by atoms with Gasteiger partial charge < -0.3 is 11.1 Å². The van der Waals surface area contributed by atoms with Gasteiger partial charge in [0.2, 0.25) is 5.91 Å². The summed E-state index contributed by atoms with van der Waals surface area (Å²) in [6.07, 6.45) is 9.40. The van der Waals surface area contributed by atoms with Crippen LogP contribution < -0.4 is 11.1 Å². The maximum Gasteiger partial charge on any atom is 0.231 e. The van der Waals surface area contributed by atoms with E-state index in [9.17, 15) is 4.79 Å². The Bertz CT molecular complexity index is 256. The number of carbonyl (C=O) groups is 1. The Labute approximate surface area is 110 Å². The fourth-order valence-corrected chi connectivity index (χ4v) is 3.24. The van der Waals surface area contributed by atoms with Gasteiger partial charge in [0, 0.05) is 19.1 Å². The van der Waals surface area contributed by atoms with E-state index < -0.39 is 0 Å². The lowest BCUT2D eigenvalue weighted by Crippen LogP contribution is -2.46. The lowest BCUT2D eigenvalue weighted by molar-refractivity contribution is -0.119. The van der Waals surface area contributed by atoms with Crippen LogP contribution in [0.3, 0.4) is 0 Å². The van der Waals surface area contributed by atoms with Crippen LogP contribution in [0.4, 0.5) is 0 Å². The van der Waals surface area contributed by atoms with Crippen molar-refractivity contribution in [3.05, 3.63) is 0 Å². The van der Waals surface area contributed by atoms with E-state index in [2.05, 4.69) is 10.2 Å². The molecule has 1 aliphatic heterocycles. The standard InChI is InChI=1S/C14H27N3O/c15-14(18)11-17-8-6-13(7-9-17)16-10-12-4-2-1-3-5-12/h12-13,16H,1-11H2,(H2,15,18). The normalized spacial score (nSPS) is 24.2. The fourth-order valence-electron chi connectivity index (χ4n) is 3.24. The van der Waals surface area contributed by atoms with Crippen molar-refractivity contribution in [2.45, 2.75) is 51.0 Å². The van der Waals surface area contributed by atoms with Gasteiger partial charge in [0.05, 0.1) is 6.54 Å². The van der Waals surface area contributed by atoms with Gasteiger partial charge in [0.25, 0.3) is 0 Å². The molecule has 0 aromatic carbocycles. The first-order valence-electron chi connectivity index (χ1n) is 7.48. The van der Waals surface area contributed by atoms with Gasteiger partial charge in [-0.05, 0) is 38.1 Å². The summed E-state index contributed by atoms with van der Waals surface area (Å²) in [7, 11) is 0. The SMILES string of the molecule is NC(=O)CN1CCC(NCC2CCCCC2)CC1. The second-order valence-electron chi connectivity index (χ2n) is 5.93. The molecule has 2 rings (SSSR count). The van der Waals surface area contributed by atoms with Crippen LogP contribution in [0, 0.1) is 5.92 Å². The van der Waals surface area contributed by atoms with E-state index in [-0.39, 0.29) is 5.91 Å². The van der Waals surface area contributed by atoms with E-state index in [0.717, 1.165) is 31.8 Å². The quantitative estimate of drug-likeness (QED) is 0.771. The van der Waals surface area contributed by atoms with Gasteiger partial charge >= 0.3 is 0 Å². The molecule has 0 radical (unpaired) electrons. The van der Waals surface area contributed by atoms with Gasteiger partial charge in [-0.15, -0.1) is 0 Å². The lowest BCUT2D eigenvalue weighted by atomic mass is 9.89. The maximum atomic E-state index is 10.8. The molecule has 0 bridgehead atoms. The molecule has 1 saturated carbocycles. The molecule has 104 valence electrons. The monoisotopic (exact) mass is 253 g/mol. The van der Waals surface area contributed by atoms with Crippen LogP contribution in [0.5, 0.6) is 0 Å². The molecule has 1 aliphatic carbocycles. The molecule has 1 amide bonds. The third-order valence-corrected chi connectivity index (χ3v) is 4.39. The number of primary amides is 1. The van der Waals surface area contributed by atoms with Crippen molar-refractivity contribution in [2.24, 2.45) is 11.7 Å². The van der Waals surface area contributed by atoms with Crippen LogP contribution in [0.25, 0.3) is 0 Å². The molecule has 0 aromatic rings. The molecule has 2 aliphatic rings. The van der Waals surface area contributed by atoms with Crippen molar-refractivity contribution in [2.75, 3.05) is 26.2 Å². The topological polar surface area (TPSA) is 58.4 Å². The van der Waals surface area contributed by atoms with Crippen LogP contribution in [0.1, 0.15) is 44.9 Å². The summed E-state index contributed by atoms with van der Waals surface area (Å²) in [5, 5.41) is 3.72. The summed E-state index contributed by atoms with van der Waals surface area (Å²) in [6.45, 7) is 3.63. The summed E-state index contributed by atoms with van der Waals surface area (Å²) < 4.78 is 0. The Kier molecular flexibility index (Phi) is 5.45. The first-order valence-corrected chi connectivity index (χ1v) is 7.48. The fraction of sp³-hybridized carbons (Fsp3) is 0.929. The number of hydrogen-bond donors (Lipinski definition) is 2. The van der Waals surface area contributed by atoms with Gasteiger partial charge in [-0.1, -0.05) is 19.3 Å². The van der Waals surface area contributed by atoms with E-state index in [4.69, 9.17) is 5.73 Å². The molecule has 0 aromatic heterocycles. The third kappa shape index (κ3) is 4.58. The average molecular weight is 253 g/mol. The van der Waals surface area contributed by atoms with E-state index in [0.29, 0.717) is 12.6 Å². The molecular weight excluding hydrogens is 226 g/mol. The smallest absolute Gasteiger partial charge is 0.231 e. The van der Waals surface area contributed by atoms with Crippen LogP contribution in [-0.4, -0.2) is 43.0 Å². The first kappa shape index (κ1) is 13.8. The Hall–Kier alpha value is -0.610. The summed E-state index contributed by atoms with van der Waals surface area (Å²) in [5.74, 6) is 0.700. The third-order valence-electron chi connectivity index (χ3n) is 4.39. The Morgan fingerprint density at radius 1 is 1.11 bits per heavy atom. The maximum absolute atomic E-state index is 10.8. The first-order chi connectivity index (χ1) is 8.74. The minimum atomic E-state index is -0.205. The number of rotatable bonds is 5. The van der Waals surface area contributed by atoms with Crippen molar-refractivity contribution < 1.29 is 4.79 Å². The van der Waals surface area contributed by atoms with Crippen LogP contribution in [-0.2, 0) is 4.79 Å². The lowest BCUT2D eigenvalue weighted by Gasteiger charge is -2.33. The molecule has 0 unspecified atom stereocenters. The van der Waals surface area contributed by atoms with Crippen LogP contribution >= 0.6 is 0 Å². The average Bonchev–Trinajstić information content (AvgIpc) is 2.38. The molecule has 0 spiro atoms. The van der Waals surface area contributed by atoms with Crippen molar-refractivity contribution in [3.63, 3.8) is 0 Å². The summed E-state index contributed by atoms with van der Waals surface area (Å²) in [5.41, 5.74) is 5.22. The van der Waals surface area contributed by atoms with Gasteiger partial charge in [0.1, 0.15) is 0 Å². The molecule has 18 heavy (non-hydrogen) atoms. The molecule has 2 fully saturated rings. The second kappa shape index (κ2) is 7.10. The van der Waals surface area contributed by atoms with Crippen molar-refractivity contribution in [1.29, 1.82) is 0 Å². The predicted molar refractivity (Wildman–Crippen MR) is 73.2 cm³/mol. The van der Waals surface area contributed by atoms with E-state index >= 15 is 0 Å². The molecule has 3 N–H and O–H groups in total. The number of likely N-dealkylation sites (tertiary alicyclic amines) is 1. The number of nitrogens with two attached hydrogens (primary N) is 1. The summed E-state index contributed by atoms with van der Waals surface area (Å²) in [6, 6.07) is 0.649. The molecule has 0 atom stereocenters. The molecule has 4 heteroatoms. The zero-order valence-electron chi connectivity index (χ0n) is 11.4. The van der Waals surface area contributed by atoms with Crippen LogP contribution in [0.15, 0.2) is 0 Å². The summed E-state index contributed by atoms with van der Waals surface area (Å²) in [4.78, 5) is 13.0. The Balaban J connectivity index is 1.59. The molecule has 1 saturated heterocycles. The number of nitrogens with zero attached hydrogens (tertiary/aromatic N) is 1. The van der Waals surface area contributed by atoms with Gasteiger partial charge in [-0.3, -0.25) is 9.69 Å². The number of hydrogen-bond acceptors (Lipinski definition) is 3. The van der Waals surface area contributed by atoms with E-state index in [1.807, 2.05) is 0 Å². The van der Waals surface area contributed by atoms with Gasteiger partial charge in [0.15, 0.2) is 0 Å². The second-order valence-corrected chi connectivity index (χ2v) is 5.93. The van der Waals surface area contributed by atoms with E-state index in [1.165, 1.54) is 38.6 Å². The Morgan fingerprint density at radius 2 is 1.78 bits per heavy atom. The number of nitrogens with one attached hydrogen (secondary N) is 1. The molecular formula is C14H27N3O. The Morgan fingerprint density at radius 3 is 2.39 bits per heavy atom. The van der Waals surface area contributed by atoms with Crippen molar-refractivity contribution in [3.8, 4) is 0 Å². The highest BCUT2D eigenvalue weighted by molar-refractivity contribution is 5.75. The zero-order chi connectivity index (χ0) is 12.8. The minimum absolute atomic E-state index is 0.205. The van der Waals surface area contributed by atoms with Crippen molar-refractivity contribution >= 4 is 5.91 Å². The highest BCUT2D eigenvalue weighted by Gasteiger charge is 2.21. The number of carbonyl (C=O) groups excluding carboxylic acids is 1. The number of amides is 1. The molecule has 4 nitrogen and oxygen atoms in total. The molecule has 1 heterocycles. The highest BCUT2D eigenvalue weighted by Crippen LogP contribution is 2.23. The van der Waals surface area contributed by atoms with E-state index in [1.54, 1.807) is 0 Å². The van der Waals surface area contributed by atoms with Gasteiger partial charge in [-0.2, -0.15) is 0 Å². The van der Waals surface area contributed by atoms with Gasteiger partial charge in [-0.25, -0.2) is 0 Å². The predicted octanol–water partition coefficient (Wildman–Crippen LogP) is 1.11.